The fraction of sp³-hybridized carbons (Fsp3) is 0.564. The molecule has 0 saturated carbocycles. The molecule has 3 saturated heterocycles. The van der Waals surface area contributed by atoms with Crippen LogP contribution in [0.5, 0.6) is 17.2 Å². The molecule has 3 aromatic rings. The highest BCUT2D eigenvalue weighted by atomic mass is 16.8. The van der Waals surface area contributed by atoms with E-state index in [0.29, 0.717) is 16.9 Å². The van der Waals surface area contributed by atoms with Crippen molar-refractivity contribution < 1.29 is 83.5 Å². The molecule has 3 aliphatic heterocycles. The van der Waals surface area contributed by atoms with Gasteiger partial charge in [-0.3, -0.25) is 4.79 Å². The Morgan fingerprint density at radius 1 is 0.719 bits per heavy atom. The van der Waals surface area contributed by atoms with Crippen molar-refractivity contribution in [2.75, 3.05) is 13.7 Å². The Kier molecular flexibility index (Phi) is 13.3. The number of hydrogen-bond acceptors (Lipinski definition) is 18. The van der Waals surface area contributed by atoms with E-state index in [1.807, 2.05) is 19.9 Å². The number of aliphatic hydroxyl groups excluding tert-OH is 9. The fourth-order valence-electron chi connectivity index (χ4n) is 6.86. The van der Waals surface area contributed by atoms with Crippen LogP contribution in [-0.4, -0.2) is 152 Å². The van der Waals surface area contributed by atoms with Crippen molar-refractivity contribution in [3.05, 3.63) is 63.8 Å². The van der Waals surface area contributed by atoms with Gasteiger partial charge in [-0.1, -0.05) is 11.6 Å². The molecule has 0 unspecified atom stereocenters. The van der Waals surface area contributed by atoms with Gasteiger partial charge in [0.05, 0.1) is 31.3 Å². The second kappa shape index (κ2) is 17.6. The van der Waals surface area contributed by atoms with E-state index in [-0.39, 0.29) is 28.9 Å². The summed E-state index contributed by atoms with van der Waals surface area (Å²) in [6, 6.07) is 9.20. The minimum absolute atomic E-state index is 0.0144. The van der Waals surface area contributed by atoms with Crippen LogP contribution in [0.2, 0.25) is 0 Å². The highest BCUT2D eigenvalue weighted by molar-refractivity contribution is 5.86. The molecule has 18 nitrogen and oxygen atoms in total. The van der Waals surface area contributed by atoms with Gasteiger partial charge >= 0.3 is 0 Å². The number of methoxy groups -OCH3 is 1. The van der Waals surface area contributed by atoms with Crippen molar-refractivity contribution >= 4 is 11.0 Å². The van der Waals surface area contributed by atoms with Gasteiger partial charge in [-0.05, 0) is 70.5 Å². The van der Waals surface area contributed by atoms with Crippen LogP contribution in [0.25, 0.3) is 22.3 Å². The number of aliphatic hydroxyl groups is 9. The van der Waals surface area contributed by atoms with E-state index >= 15 is 0 Å². The van der Waals surface area contributed by atoms with Gasteiger partial charge in [-0.2, -0.15) is 0 Å². The standard InChI is InChI=1S/C39H50O18/c1-15(2)6-11-20-22(53-38-32(49)29(46)27(44)23(14-40)54-38)13-12-21-26(43)35(33(55-34(20)21)18-7-9-19(50-5)10-8-18)56-39-36(30(47)25(42)17(4)52-39)57-37-31(48)28(45)24(41)16(3)51-37/h6-10,12-13,16-17,23-25,27-32,36-42,44-49H,11,14H2,1-5H3/t16-,17-,23-,24-,25+,27-,28-,29+,30-,31-,32-,36-,37+,38-,39+/m1/s1. The number of ether oxygens (including phenoxy) is 7. The second-order valence-corrected chi connectivity index (χ2v) is 14.6. The van der Waals surface area contributed by atoms with Gasteiger partial charge in [-0.25, -0.2) is 0 Å². The Morgan fingerprint density at radius 3 is 1.96 bits per heavy atom. The molecule has 3 aliphatic rings. The van der Waals surface area contributed by atoms with E-state index in [4.69, 9.17) is 37.6 Å². The summed E-state index contributed by atoms with van der Waals surface area (Å²) in [7, 11) is 1.47. The predicted molar refractivity (Wildman–Crippen MR) is 196 cm³/mol. The SMILES string of the molecule is COc1ccc(-c2oc3c(CC=C(C)C)c(O[C@@H]4O[C@H](CO)[C@@H](O)[C@H](O)[C@H]4O)ccc3c(=O)c2O[C@@H]2O[C@H](C)[C@H](O)[C@@H](O)[C@H]2O[C@@H]2O[C@H](C)[C@@H](O)[C@@H](O)[C@H]2O)cc1. The maximum atomic E-state index is 14.7. The van der Waals surface area contributed by atoms with Crippen LogP contribution in [0, 0.1) is 0 Å². The van der Waals surface area contributed by atoms with E-state index in [1.54, 1.807) is 24.3 Å². The number of fused-ring (bicyclic) bond motifs is 1. The third-order valence-corrected chi connectivity index (χ3v) is 10.4. The molecule has 2 aromatic carbocycles. The molecular weight excluding hydrogens is 756 g/mol. The fourth-order valence-corrected chi connectivity index (χ4v) is 6.86. The van der Waals surface area contributed by atoms with Gasteiger partial charge in [0, 0.05) is 11.1 Å². The van der Waals surface area contributed by atoms with Crippen molar-refractivity contribution in [3.63, 3.8) is 0 Å². The number of rotatable bonds is 11. The smallest absolute Gasteiger partial charge is 0.235 e. The summed E-state index contributed by atoms with van der Waals surface area (Å²) in [5.74, 6) is 0.0119. The first-order valence-corrected chi connectivity index (χ1v) is 18.5. The molecule has 0 aliphatic carbocycles. The maximum absolute atomic E-state index is 14.7. The lowest BCUT2D eigenvalue weighted by Gasteiger charge is -2.45. The second-order valence-electron chi connectivity index (χ2n) is 14.6. The van der Waals surface area contributed by atoms with Crippen LogP contribution in [0.3, 0.4) is 0 Å². The molecule has 1 aromatic heterocycles. The average molecular weight is 807 g/mol. The lowest BCUT2D eigenvalue weighted by molar-refractivity contribution is -0.352. The summed E-state index contributed by atoms with van der Waals surface area (Å²) < 4.78 is 47.2. The van der Waals surface area contributed by atoms with E-state index in [1.165, 1.54) is 33.1 Å². The summed E-state index contributed by atoms with van der Waals surface area (Å²) in [5, 5.41) is 94.5. The van der Waals surface area contributed by atoms with Crippen LogP contribution < -0.4 is 19.6 Å². The quantitative estimate of drug-likeness (QED) is 0.107. The first-order chi connectivity index (χ1) is 27.1. The monoisotopic (exact) mass is 806 g/mol. The Balaban J connectivity index is 1.47. The average Bonchev–Trinajstić information content (AvgIpc) is 3.19. The van der Waals surface area contributed by atoms with Crippen LogP contribution in [0.4, 0.5) is 0 Å². The van der Waals surface area contributed by atoms with Crippen molar-refractivity contribution in [1.29, 1.82) is 0 Å². The number of benzene rings is 2. The highest BCUT2D eigenvalue weighted by Gasteiger charge is 2.51. The molecule has 18 heteroatoms. The molecule has 314 valence electrons. The Labute approximate surface area is 326 Å². The molecule has 15 atom stereocenters. The topological polar surface area (TPSA) is 277 Å². The highest BCUT2D eigenvalue weighted by Crippen LogP contribution is 2.39. The molecular formula is C39H50O18. The molecule has 9 N–H and O–H groups in total. The largest absolute Gasteiger partial charge is 0.497 e. The van der Waals surface area contributed by atoms with Gasteiger partial charge in [-0.15, -0.1) is 0 Å². The zero-order valence-corrected chi connectivity index (χ0v) is 31.8. The van der Waals surface area contributed by atoms with Gasteiger partial charge in [0.1, 0.15) is 72.0 Å². The van der Waals surface area contributed by atoms with E-state index in [2.05, 4.69) is 0 Å². The number of hydrogen-bond donors (Lipinski definition) is 9. The lowest BCUT2D eigenvalue weighted by atomic mass is 9.98. The summed E-state index contributed by atoms with van der Waals surface area (Å²) in [4.78, 5) is 14.7. The summed E-state index contributed by atoms with van der Waals surface area (Å²) >= 11 is 0. The van der Waals surface area contributed by atoms with Gasteiger partial charge in [0.2, 0.25) is 23.8 Å². The van der Waals surface area contributed by atoms with Crippen molar-refractivity contribution in [2.24, 2.45) is 0 Å². The Hall–Kier alpha value is -3.73. The van der Waals surface area contributed by atoms with E-state index < -0.39 is 110 Å². The predicted octanol–water partition coefficient (Wildman–Crippen LogP) is -0.786. The maximum Gasteiger partial charge on any atom is 0.235 e. The summed E-state index contributed by atoms with van der Waals surface area (Å²) in [6.07, 6.45) is -21.1. The van der Waals surface area contributed by atoms with E-state index in [0.717, 1.165) is 5.57 Å². The molecule has 0 amide bonds. The molecule has 4 heterocycles. The summed E-state index contributed by atoms with van der Waals surface area (Å²) in [6.45, 7) is 5.91. The molecule has 0 radical (unpaired) electrons. The summed E-state index contributed by atoms with van der Waals surface area (Å²) in [5.41, 5.74) is 0.819. The lowest BCUT2D eigenvalue weighted by Crippen LogP contribution is -2.63. The van der Waals surface area contributed by atoms with Gasteiger partial charge < -0.3 is 83.5 Å². The molecule has 57 heavy (non-hydrogen) atoms. The van der Waals surface area contributed by atoms with Crippen molar-refractivity contribution in [3.8, 4) is 28.6 Å². The molecule has 0 bridgehead atoms. The van der Waals surface area contributed by atoms with Crippen LogP contribution in [0.15, 0.2) is 57.3 Å². The minimum atomic E-state index is -1.79. The first kappa shape index (κ1) is 42.9. The van der Waals surface area contributed by atoms with Gasteiger partial charge in [0.25, 0.3) is 0 Å². The van der Waals surface area contributed by atoms with Crippen molar-refractivity contribution in [1.82, 2.24) is 0 Å². The normalized spacial score (nSPS) is 35.8. The zero-order chi connectivity index (χ0) is 41.5. The van der Waals surface area contributed by atoms with Gasteiger partial charge in [0.15, 0.2) is 18.2 Å². The minimum Gasteiger partial charge on any atom is -0.497 e. The third kappa shape index (κ3) is 8.55. The molecule has 3 fully saturated rings. The van der Waals surface area contributed by atoms with E-state index in [9.17, 15) is 50.8 Å². The third-order valence-electron chi connectivity index (χ3n) is 10.4. The number of allylic oxidation sites excluding steroid dienone is 2. The molecule has 6 rings (SSSR count). The van der Waals surface area contributed by atoms with Crippen LogP contribution >= 0.6 is 0 Å². The Bertz CT molecular complexity index is 1930. The first-order valence-electron chi connectivity index (χ1n) is 18.5. The Morgan fingerprint density at radius 2 is 1.33 bits per heavy atom. The molecule has 0 spiro atoms. The van der Waals surface area contributed by atoms with Crippen LogP contribution in [-0.2, 0) is 25.4 Å². The van der Waals surface area contributed by atoms with Crippen molar-refractivity contribution in [2.45, 2.75) is 126 Å². The van der Waals surface area contributed by atoms with Crippen LogP contribution in [0.1, 0.15) is 33.3 Å². The zero-order valence-electron chi connectivity index (χ0n) is 31.8.